The number of hydrogen-bond donors (Lipinski definition) is 1. The minimum atomic E-state index is -0.468. The van der Waals surface area contributed by atoms with E-state index in [-0.39, 0.29) is 18.3 Å². The van der Waals surface area contributed by atoms with Crippen LogP contribution >= 0.6 is 0 Å². The molecule has 0 aliphatic heterocycles. The van der Waals surface area contributed by atoms with Crippen LogP contribution in [0.5, 0.6) is 11.5 Å². The van der Waals surface area contributed by atoms with Crippen molar-refractivity contribution >= 4 is 5.91 Å². The van der Waals surface area contributed by atoms with Gasteiger partial charge in [0.2, 0.25) is 0 Å². The number of rotatable bonds is 7. The number of benzene rings is 2. The molecule has 0 aliphatic rings. The first-order chi connectivity index (χ1) is 13.1. The van der Waals surface area contributed by atoms with Gasteiger partial charge in [0, 0.05) is 19.4 Å². The molecule has 140 valence electrons. The Morgan fingerprint density at radius 1 is 1.22 bits per heavy atom. The number of halogens is 1. The lowest BCUT2D eigenvalue weighted by Crippen LogP contribution is -2.34. The molecule has 0 spiro atoms. The fourth-order valence-corrected chi connectivity index (χ4v) is 2.66. The Morgan fingerprint density at radius 2 is 2.00 bits per heavy atom. The third-order valence-electron chi connectivity index (χ3n) is 4.03. The average Bonchev–Trinajstić information content (AvgIpc) is 3.11. The quantitative estimate of drug-likeness (QED) is 0.696. The maximum Gasteiger partial charge on any atom is 0.258 e. The van der Waals surface area contributed by atoms with Gasteiger partial charge in [-0.1, -0.05) is 12.1 Å². The van der Waals surface area contributed by atoms with E-state index in [1.54, 1.807) is 13.3 Å². The minimum absolute atomic E-state index is 0.198. The molecule has 1 unspecified atom stereocenters. The molecule has 0 saturated heterocycles. The SMILES string of the molecule is COc1cccc(C(NC(=O)COc2ccc(F)cc2)c2nccn2C)c1. The van der Waals surface area contributed by atoms with Gasteiger partial charge in [-0.05, 0) is 42.0 Å². The maximum absolute atomic E-state index is 12.9. The number of aromatic nitrogens is 2. The normalized spacial score (nSPS) is 11.7. The van der Waals surface area contributed by atoms with Crippen molar-refractivity contribution in [2.75, 3.05) is 13.7 Å². The number of carbonyl (C=O) groups is 1. The summed E-state index contributed by atoms with van der Waals surface area (Å²) in [5.74, 6) is 1.10. The molecule has 1 amide bonds. The lowest BCUT2D eigenvalue weighted by Gasteiger charge is -2.20. The Balaban J connectivity index is 1.75. The number of carbonyl (C=O) groups excluding carboxylic acids is 1. The van der Waals surface area contributed by atoms with Crippen LogP contribution in [0, 0.1) is 5.82 Å². The van der Waals surface area contributed by atoms with Gasteiger partial charge >= 0.3 is 0 Å². The zero-order valence-corrected chi connectivity index (χ0v) is 15.1. The summed E-state index contributed by atoms with van der Waals surface area (Å²) in [6.07, 6.45) is 3.48. The predicted molar refractivity (Wildman–Crippen MR) is 98.1 cm³/mol. The van der Waals surface area contributed by atoms with E-state index in [4.69, 9.17) is 9.47 Å². The molecule has 1 heterocycles. The number of nitrogens with one attached hydrogen (secondary N) is 1. The summed E-state index contributed by atoms with van der Waals surface area (Å²) in [4.78, 5) is 16.8. The van der Waals surface area contributed by atoms with Crippen LogP contribution in [-0.4, -0.2) is 29.2 Å². The predicted octanol–water partition coefficient (Wildman–Crippen LogP) is 2.85. The smallest absolute Gasteiger partial charge is 0.258 e. The molecule has 7 heteroatoms. The topological polar surface area (TPSA) is 65.4 Å². The van der Waals surface area contributed by atoms with Gasteiger partial charge in [-0.15, -0.1) is 0 Å². The van der Waals surface area contributed by atoms with Crippen molar-refractivity contribution in [3.8, 4) is 11.5 Å². The second-order valence-corrected chi connectivity index (χ2v) is 5.92. The molecule has 27 heavy (non-hydrogen) atoms. The van der Waals surface area contributed by atoms with E-state index in [1.165, 1.54) is 24.3 Å². The third-order valence-corrected chi connectivity index (χ3v) is 4.03. The van der Waals surface area contributed by atoms with Crippen LogP contribution < -0.4 is 14.8 Å². The molecule has 1 aromatic heterocycles. The van der Waals surface area contributed by atoms with Gasteiger partial charge < -0.3 is 19.4 Å². The van der Waals surface area contributed by atoms with E-state index in [0.29, 0.717) is 17.3 Å². The number of imidazole rings is 1. The average molecular weight is 369 g/mol. The molecule has 0 aliphatic carbocycles. The summed E-state index contributed by atoms with van der Waals surface area (Å²) < 4.78 is 25.5. The third kappa shape index (κ3) is 4.63. The van der Waals surface area contributed by atoms with Gasteiger partial charge in [0.25, 0.3) is 5.91 Å². The maximum atomic E-state index is 12.9. The van der Waals surface area contributed by atoms with Gasteiger partial charge in [-0.3, -0.25) is 4.79 Å². The molecule has 2 aromatic carbocycles. The summed E-state index contributed by atoms with van der Waals surface area (Å²) in [7, 11) is 3.45. The summed E-state index contributed by atoms with van der Waals surface area (Å²) in [5, 5.41) is 2.93. The standard InChI is InChI=1S/C20H20FN3O3/c1-24-11-10-22-20(24)19(14-4-3-5-17(12-14)26-2)23-18(25)13-27-16-8-6-15(21)7-9-16/h3-12,19H,13H2,1-2H3,(H,23,25). The minimum Gasteiger partial charge on any atom is -0.497 e. The number of hydrogen-bond acceptors (Lipinski definition) is 4. The number of methoxy groups -OCH3 is 1. The second-order valence-electron chi connectivity index (χ2n) is 5.92. The van der Waals surface area contributed by atoms with Crippen molar-refractivity contribution in [2.45, 2.75) is 6.04 Å². The summed E-state index contributed by atoms with van der Waals surface area (Å²) >= 11 is 0. The van der Waals surface area contributed by atoms with Gasteiger partial charge in [0.1, 0.15) is 29.2 Å². The highest BCUT2D eigenvalue weighted by atomic mass is 19.1. The van der Waals surface area contributed by atoms with Crippen molar-refractivity contribution < 1.29 is 18.7 Å². The molecule has 3 aromatic rings. The first-order valence-electron chi connectivity index (χ1n) is 8.35. The molecule has 0 fully saturated rings. The van der Waals surface area contributed by atoms with Crippen molar-refractivity contribution in [1.82, 2.24) is 14.9 Å². The highest BCUT2D eigenvalue weighted by Crippen LogP contribution is 2.24. The van der Waals surface area contributed by atoms with E-state index in [1.807, 2.05) is 42.1 Å². The van der Waals surface area contributed by atoms with Gasteiger partial charge in [-0.25, -0.2) is 9.37 Å². The first-order valence-corrected chi connectivity index (χ1v) is 8.35. The van der Waals surface area contributed by atoms with Crippen LogP contribution in [0.1, 0.15) is 17.4 Å². The lowest BCUT2D eigenvalue weighted by molar-refractivity contribution is -0.123. The Bertz CT molecular complexity index is 909. The van der Waals surface area contributed by atoms with Crippen molar-refractivity contribution in [3.63, 3.8) is 0 Å². The van der Waals surface area contributed by atoms with Crippen LogP contribution in [0.15, 0.2) is 60.9 Å². The fourth-order valence-electron chi connectivity index (χ4n) is 2.66. The van der Waals surface area contributed by atoms with E-state index in [2.05, 4.69) is 10.3 Å². The van der Waals surface area contributed by atoms with E-state index in [9.17, 15) is 9.18 Å². The van der Waals surface area contributed by atoms with E-state index < -0.39 is 6.04 Å². The number of amides is 1. The monoisotopic (exact) mass is 369 g/mol. The molecular weight excluding hydrogens is 349 g/mol. The molecule has 0 bridgehead atoms. The second kappa shape index (κ2) is 8.35. The summed E-state index contributed by atoms with van der Waals surface area (Å²) in [6.45, 7) is -0.198. The Morgan fingerprint density at radius 3 is 2.67 bits per heavy atom. The Labute approximate surface area is 156 Å². The zero-order valence-electron chi connectivity index (χ0n) is 15.1. The van der Waals surface area contributed by atoms with Crippen LogP contribution in [-0.2, 0) is 11.8 Å². The van der Waals surface area contributed by atoms with Crippen LogP contribution in [0.3, 0.4) is 0 Å². The highest BCUT2D eigenvalue weighted by molar-refractivity contribution is 5.78. The van der Waals surface area contributed by atoms with Gasteiger partial charge in [-0.2, -0.15) is 0 Å². The van der Waals surface area contributed by atoms with Crippen LogP contribution in [0.25, 0.3) is 0 Å². The fraction of sp³-hybridized carbons (Fsp3) is 0.200. The molecule has 3 rings (SSSR count). The zero-order chi connectivity index (χ0) is 19.2. The van der Waals surface area contributed by atoms with Crippen LogP contribution in [0.4, 0.5) is 4.39 Å². The van der Waals surface area contributed by atoms with Crippen molar-refractivity contribution in [3.05, 3.63) is 78.1 Å². The molecule has 0 saturated carbocycles. The van der Waals surface area contributed by atoms with Crippen molar-refractivity contribution in [1.29, 1.82) is 0 Å². The molecule has 0 radical (unpaired) electrons. The summed E-state index contributed by atoms with van der Waals surface area (Å²) in [6, 6.07) is 12.5. The number of ether oxygens (including phenoxy) is 2. The Hall–Kier alpha value is -3.35. The molecule has 1 N–H and O–H groups in total. The van der Waals surface area contributed by atoms with Gasteiger partial charge in [0.15, 0.2) is 6.61 Å². The van der Waals surface area contributed by atoms with E-state index >= 15 is 0 Å². The largest absolute Gasteiger partial charge is 0.497 e. The van der Waals surface area contributed by atoms with Crippen molar-refractivity contribution in [2.24, 2.45) is 7.05 Å². The number of nitrogens with zero attached hydrogens (tertiary/aromatic N) is 2. The van der Waals surface area contributed by atoms with Crippen LogP contribution in [0.2, 0.25) is 0 Å². The highest BCUT2D eigenvalue weighted by Gasteiger charge is 2.21. The van der Waals surface area contributed by atoms with E-state index in [0.717, 1.165) is 5.56 Å². The molecule has 1 atom stereocenters. The lowest BCUT2D eigenvalue weighted by atomic mass is 10.1. The number of aryl methyl sites for hydroxylation is 1. The molecular formula is C20H20FN3O3. The molecule has 6 nitrogen and oxygen atoms in total. The first kappa shape index (κ1) is 18.4. The van der Waals surface area contributed by atoms with Gasteiger partial charge in [0.05, 0.1) is 7.11 Å². The Kier molecular flexibility index (Phi) is 5.71. The summed E-state index contributed by atoms with van der Waals surface area (Å²) in [5.41, 5.74) is 0.832.